The van der Waals surface area contributed by atoms with Crippen LogP contribution in [0.3, 0.4) is 0 Å². The van der Waals surface area contributed by atoms with E-state index in [1.807, 2.05) is 38.1 Å². The molecule has 0 bridgehead atoms. The highest BCUT2D eigenvalue weighted by Gasteiger charge is 2.17. The number of esters is 1. The summed E-state index contributed by atoms with van der Waals surface area (Å²) in [5.41, 5.74) is 1.80. The Kier molecular flexibility index (Phi) is 10.3. The van der Waals surface area contributed by atoms with Gasteiger partial charge in [-0.3, -0.25) is 9.59 Å². The van der Waals surface area contributed by atoms with E-state index in [0.717, 1.165) is 18.9 Å². The molecule has 0 saturated heterocycles. The van der Waals surface area contributed by atoms with E-state index in [4.69, 9.17) is 9.15 Å². The molecule has 0 aliphatic rings. The van der Waals surface area contributed by atoms with Gasteiger partial charge in [-0.1, -0.05) is 77.5 Å². The minimum Gasteiger partial charge on any atom is -0.460 e. The molecule has 6 nitrogen and oxygen atoms in total. The fraction of sp³-hybridized carbons (Fsp3) is 0.433. The maximum Gasteiger partial charge on any atom is 0.374 e. The van der Waals surface area contributed by atoms with E-state index in [0.29, 0.717) is 11.3 Å². The van der Waals surface area contributed by atoms with Gasteiger partial charge in [0.25, 0.3) is 5.91 Å². The molecule has 2 aromatic carbocycles. The largest absolute Gasteiger partial charge is 0.460 e. The monoisotopic (exact) mass is 491 g/mol. The van der Waals surface area contributed by atoms with Crippen molar-refractivity contribution in [1.82, 2.24) is 0 Å². The molecule has 0 saturated carbocycles. The van der Waals surface area contributed by atoms with E-state index in [-0.39, 0.29) is 40.6 Å². The van der Waals surface area contributed by atoms with Crippen LogP contribution in [0.25, 0.3) is 11.0 Å². The molecule has 0 aliphatic heterocycles. The van der Waals surface area contributed by atoms with Crippen molar-refractivity contribution in [3.05, 3.63) is 75.6 Å². The second-order valence-electron chi connectivity index (χ2n) is 9.67. The second kappa shape index (κ2) is 13.6. The van der Waals surface area contributed by atoms with Gasteiger partial charge in [-0.25, -0.2) is 4.79 Å². The topological polar surface area (TPSA) is 85.6 Å². The van der Waals surface area contributed by atoms with Crippen LogP contribution in [0.5, 0.6) is 0 Å². The van der Waals surface area contributed by atoms with Crippen molar-refractivity contribution in [1.29, 1.82) is 0 Å². The molecule has 1 N–H and O–H groups in total. The molecule has 0 aliphatic carbocycles. The summed E-state index contributed by atoms with van der Waals surface area (Å²) >= 11 is 0. The molecule has 0 spiro atoms. The zero-order chi connectivity index (χ0) is 25.9. The zero-order valence-electron chi connectivity index (χ0n) is 21.6. The Morgan fingerprint density at radius 1 is 0.944 bits per heavy atom. The smallest absolute Gasteiger partial charge is 0.374 e. The first-order valence-corrected chi connectivity index (χ1v) is 13.0. The van der Waals surface area contributed by atoms with Crippen molar-refractivity contribution >= 4 is 28.5 Å². The minimum atomic E-state index is -0.708. The molecule has 3 aromatic rings. The average Bonchev–Trinajstić information content (AvgIpc) is 2.87. The molecule has 1 amide bonds. The van der Waals surface area contributed by atoms with Crippen molar-refractivity contribution in [3.8, 4) is 0 Å². The van der Waals surface area contributed by atoms with Gasteiger partial charge in [-0.05, 0) is 48.6 Å². The summed E-state index contributed by atoms with van der Waals surface area (Å²) in [6, 6.07) is 13.6. The third kappa shape index (κ3) is 7.80. The zero-order valence-corrected chi connectivity index (χ0v) is 21.6. The van der Waals surface area contributed by atoms with Gasteiger partial charge in [-0.2, -0.15) is 0 Å². The third-order valence-corrected chi connectivity index (χ3v) is 6.04. The van der Waals surface area contributed by atoms with Crippen LogP contribution in [0.2, 0.25) is 0 Å². The van der Waals surface area contributed by atoms with Crippen LogP contribution >= 0.6 is 0 Å². The maximum atomic E-state index is 12.9. The van der Waals surface area contributed by atoms with Gasteiger partial charge >= 0.3 is 5.97 Å². The number of fused-ring (bicyclic) bond motifs is 1. The summed E-state index contributed by atoms with van der Waals surface area (Å²) in [7, 11) is 0. The molecule has 1 aromatic heterocycles. The highest BCUT2D eigenvalue weighted by atomic mass is 16.5. The Morgan fingerprint density at radius 2 is 1.64 bits per heavy atom. The number of rotatable bonds is 13. The van der Waals surface area contributed by atoms with Crippen molar-refractivity contribution in [2.75, 3.05) is 11.9 Å². The van der Waals surface area contributed by atoms with Crippen LogP contribution in [-0.4, -0.2) is 18.5 Å². The van der Waals surface area contributed by atoms with Gasteiger partial charge in [0.05, 0.1) is 17.7 Å². The predicted octanol–water partition coefficient (Wildman–Crippen LogP) is 7.15. The normalized spacial score (nSPS) is 11.1. The van der Waals surface area contributed by atoms with Gasteiger partial charge < -0.3 is 14.5 Å². The van der Waals surface area contributed by atoms with Crippen molar-refractivity contribution in [2.24, 2.45) is 5.92 Å². The fourth-order valence-corrected chi connectivity index (χ4v) is 3.99. The molecular formula is C30H37NO5. The minimum absolute atomic E-state index is 0.144. The molecule has 0 radical (unpaired) electrons. The maximum absolute atomic E-state index is 12.9. The number of para-hydroxylation sites is 1. The van der Waals surface area contributed by atoms with Crippen LogP contribution in [0.15, 0.2) is 57.7 Å². The highest BCUT2D eigenvalue weighted by Crippen LogP contribution is 2.23. The van der Waals surface area contributed by atoms with Gasteiger partial charge in [0, 0.05) is 11.6 Å². The van der Waals surface area contributed by atoms with Gasteiger partial charge in [0.15, 0.2) is 11.0 Å². The molecule has 1 heterocycles. The molecule has 36 heavy (non-hydrogen) atoms. The third-order valence-electron chi connectivity index (χ3n) is 6.04. The second-order valence-corrected chi connectivity index (χ2v) is 9.67. The lowest BCUT2D eigenvalue weighted by atomic mass is 10.0. The highest BCUT2D eigenvalue weighted by molar-refractivity contribution is 6.08. The number of carbonyl (C=O) groups is 2. The molecule has 0 fully saturated rings. The summed E-state index contributed by atoms with van der Waals surface area (Å²) in [5, 5.41) is 3.09. The quantitative estimate of drug-likeness (QED) is 0.203. The van der Waals surface area contributed by atoms with Crippen LogP contribution in [0.4, 0.5) is 5.69 Å². The first kappa shape index (κ1) is 27.2. The SMILES string of the molecule is CCCCCCCCCc1ccc(C(=O)Nc2cccc3c(=O)cc(C(=O)OCC(C)C)oc23)cc1. The Bertz CT molecular complexity index is 1210. The summed E-state index contributed by atoms with van der Waals surface area (Å²) in [6.45, 7) is 6.28. The number of carbonyl (C=O) groups excluding carboxylic acids is 2. The number of anilines is 1. The summed E-state index contributed by atoms with van der Waals surface area (Å²) < 4.78 is 10.9. The number of benzene rings is 2. The van der Waals surface area contributed by atoms with E-state index in [1.165, 1.54) is 44.1 Å². The lowest BCUT2D eigenvalue weighted by Gasteiger charge is -2.10. The molecule has 6 heteroatoms. The Morgan fingerprint density at radius 3 is 2.33 bits per heavy atom. The van der Waals surface area contributed by atoms with Crippen molar-refractivity contribution < 1.29 is 18.7 Å². The van der Waals surface area contributed by atoms with Crippen molar-refractivity contribution in [2.45, 2.75) is 72.1 Å². The number of hydrogen-bond acceptors (Lipinski definition) is 5. The molecule has 192 valence electrons. The van der Waals surface area contributed by atoms with Crippen molar-refractivity contribution in [3.63, 3.8) is 0 Å². The summed E-state index contributed by atoms with van der Waals surface area (Å²) in [6.07, 6.45) is 9.87. The lowest BCUT2D eigenvalue weighted by molar-refractivity contribution is 0.0423. The standard InChI is InChI=1S/C30H37NO5/c1-4-5-6-7-8-9-10-12-22-15-17-23(18-16-22)29(33)31-25-14-11-13-24-26(32)19-27(36-28(24)25)30(34)35-20-21(2)3/h11,13-19,21H,4-10,12,20H2,1-3H3,(H,31,33). The number of ether oxygens (including phenoxy) is 1. The van der Waals surface area contributed by atoms with E-state index < -0.39 is 5.97 Å². The van der Waals surface area contributed by atoms with Crippen LogP contribution in [-0.2, 0) is 11.2 Å². The van der Waals surface area contributed by atoms with E-state index in [1.54, 1.807) is 18.2 Å². The van der Waals surface area contributed by atoms with E-state index in [9.17, 15) is 14.4 Å². The first-order chi connectivity index (χ1) is 17.4. The Hall–Kier alpha value is -3.41. The van der Waals surface area contributed by atoms with Gasteiger partial charge in [-0.15, -0.1) is 0 Å². The number of hydrogen-bond donors (Lipinski definition) is 1. The lowest BCUT2D eigenvalue weighted by Crippen LogP contribution is -2.15. The van der Waals surface area contributed by atoms with E-state index in [2.05, 4.69) is 12.2 Å². The Balaban J connectivity index is 1.65. The first-order valence-electron chi connectivity index (χ1n) is 13.0. The Labute approximate surface area is 213 Å². The number of amides is 1. The summed E-state index contributed by atoms with van der Waals surface area (Å²) in [5.74, 6) is -1.07. The van der Waals surface area contributed by atoms with Gasteiger partial charge in [0.1, 0.15) is 0 Å². The molecule has 0 atom stereocenters. The van der Waals surface area contributed by atoms with Crippen LogP contribution in [0.1, 0.15) is 92.2 Å². The van der Waals surface area contributed by atoms with Gasteiger partial charge in [0.2, 0.25) is 5.76 Å². The van der Waals surface area contributed by atoms with E-state index >= 15 is 0 Å². The molecule has 3 rings (SSSR count). The number of aryl methyl sites for hydroxylation is 1. The van der Waals surface area contributed by atoms with Crippen LogP contribution in [0, 0.1) is 5.92 Å². The summed E-state index contributed by atoms with van der Waals surface area (Å²) in [4.78, 5) is 37.8. The number of unbranched alkanes of at least 4 members (excludes halogenated alkanes) is 6. The fourth-order valence-electron chi connectivity index (χ4n) is 3.99. The molecular weight excluding hydrogens is 454 g/mol. The number of nitrogens with one attached hydrogen (secondary N) is 1. The predicted molar refractivity (Wildman–Crippen MR) is 144 cm³/mol. The average molecular weight is 492 g/mol. The van der Waals surface area contributed by atoms with Crippen LogP contribution < -0.4 is 10.7 Å². The molecule has 0 unspecified atom stereocenters.